The molecule has 148 valence electrons. The molecule has 1 aliphatic heterocycles. The van der Waals surface area contributed by atoms with Crippen LogP contribution in [0.1, 0.15) is 29.8 Å². The molecule has 0 unspecified atom stereocenters. The second-order valence-corrected chi connectivity index (χ2v) is 7.10. The third-order valence-electron chi connectivity index (χ3n) is 4.95. The molecule has 0 fully saturated rings. The number of fused-ring (bicyclic) bond motifs is 1. The van der Waals surface area contributed by atoms with Crippen molar-refractivity contribution in [2.75, 3.05) is 6.61 Å². The lowest BCUT2D eigenvalue weighted by atomic mass is 9.75. The summed E-state index contributed by atoms with van der Waals surface area (Å²) in [6, 6.07) is 2.33. The zero-order valence-electron chi connectivity index (χ0n) is 15.8. The minimum absolute atomic E-state index is 0.115. The van der Waals surface area contributed by atoms with Crippen LogP contribution < -0.4 is 0 Å². The van der Waals surface area contributed by atoms with E-state index >= 15 is 0 Å². The Morgan fingerprint density at radius 1 is 1.32 bits per heavy atom. The standard InChI is InChI=1S/C21H22O7/c1-4-5-14-7-12-8-17(24)21(3,26)19(15(12)10-27-14)28-20(25)18-11(2)6-13(22)9-16(18)23/h4-9,15,19,22-23,26H,10H2,1-3H3/b5-4+/t15-,19+,21+/m1/s1. The molecule has 0 aromatic heterocycles. The summed E-state index contributed by atoms with van der Waals surface area (Å²) in [7, 11) is 0. The molecule has 0 saturated heterocycles. The number of benzene rings is 1. The molecule has 0 saturated carbocycles. The Bertz CT molecular complexity index is 898. The SMILES string of the molecule is C/C=C/C1=CC2=CC(=O)[C@](C)(O)[C@@H](OC(=O)c3c(C)cc(O)cc3O)[C@@H]2CO1. The molecule has 3 N–H and O–H groups in total. The van der Waals surface area contributed by atoms with Gasteiger partial charge in [-0.3, -0.25) is 4.79 Å². The van der Waals surface area contributed by atoms with Gasteiger partial charge in [-0.1, -0.05) is 6.08 Å². The summed E-state index contributed by atoms with van der Waals surface area (Å²) in [5.41, 5.74) is -1.19. The number of ether oxygens (including phenoxy) is 2. The number of esters is 1. The number of aromatic hydroxyl groups is 2. The lowest BCUT2D eigenvalue weighted by Gasteiger charge is -2.41. The summed E-state index contributed by atoms with van der Waals surface area (Å²) in [5, 5.41) is 30.3. The van der Waals surface area contributed by atoms with Gasteiger partial charge in [0.1, 0.15) is 28.9 Å². The number of phenols is 2. The van der Waals surface area contributed by atoms with Crippen molar-refractivity contribution in [3.63, 3.8) is 0 Å². The minimum atomic E-state index is -1.94. The van der Waals surface area contributed by atoms with Crippen LogP contribution in [0.2, 0.25) is 0 Å². The molecule has 1 aliphatic carbocycles. The van der Waals surface area contributed by atoms with E-state index in [0.717, 1.165) is 6.07 Å². The molecule has 2 aliphatic rings. The second-order valence-electron chi connectivity index (χ2n) is 7.10. The maximum atomic E-state index is 12.7. The number of phenolic OH excluding ortho intramolecular Hbond substituents is 2. The quantitative estimate of drug-likeness (QED) is 0.683. The lowest BCUT2D eigenvalue weighted by Crippen LogP contribution is -2.56. The van der Waals surface area contributed by atoms with E-state index < -0.39 is 35.1 Å². The van der Waals surface area contributed by atoms with Crippen molar-refractivity contribution in [2.45, 2.75) is 32.5 Å². The third kappa shape index (κ3) is 3.41. The number of hydrogen-bond donors (Lipinski definition) is 3. The fourth-order valence-electron chi connectivity index (χ4n) is 3.48. The summed E-state index contributed by atoms with van der Waals surface area (Å²) in [6.07, 6.45) is 5.34. The van der Waals surface area contributed by atoms with Gasteiger partial charge in [0.05, 0.1) is 12.5 Å². The van der Waals surface area contributed by atoms with Crippen LogP contribution in [0.3, 0.4) is 0 Å². The molecular formula is C21H22O7. The van der Waals surface area contributed by atoms with Gasteiger partial charge in [-0.15, -0.1) is 0 Å². The van der Waals surface area contributed by atoms with Gasteiger partial charge in [0.2, 0.25) is 0 Å². The van der Waals surface area contributed by atoms with Gasteiger partial charge in [0.15, 0.2) is 11.4 Å². The van der Waals surface area contributed by atoms with Gasteiger partial charge in [-0.25, -0.2) is 4.79 Å². The van der Waals surface area contributed by atoms with Crippen LogP contribution in [0.15, 0.2) is 47.8 Å². The van der Waals surface area contributed by atoms with E-state index in [1.807, 2.05) is 6.92 Å². The number of hydrogen-bond acceptors (Lipinski definition) is 7. The van der Waals surface area contributed by atoms with Gasteiger partial charge in [-0.2, -0.15) is 0 Å². The number of aliphatic hydroxyl groups is 1. The number of ketones is 1. The van der Waals surface area contributed by atoms with E-state index in [4.69, 9.17) is 9.47 Å². The second kappa shape index (κ2) is 7.16. The molecule has 0 bridgehead atoms. The van der Waals surface area contributed by atoms with Crippen LogP contribution in [0.5, 0.6) is 11.5 Å². The number of rotatable bonds is 3. The van der Waals surface area contributed by atoms with Crippen molar-refractivity contribution in [3.05, 3.63) is 58.9 Å². The molecule has 28 heavy (non-hydrogen) atoms. The third-order valence-corrected chi connectivity index (χ3v) is 4.95. The first-order chi connectivity index (χ1) is 13.1. The Morgan fingerprint density at radius 3 is 2.68 bits per heavy atom. The lowest BCUT2D eigenvalue weighted by molar-refractivity contribution is -0.151. The maximum absolute atomic E-state index is 12.7. The maximum Gasteiger partial charge on any atom is 0.342 e. The number of aryl methyl sites for hydroxylation is 1. The first-order valence-electron chi connectivity index (χ1n) is 8.84. The van der Waals surface area contributed by atoms with Crippen molar-refractivity contribution in [1.82, 2.24) is 0 Å². The van der Waals surface area contributed by atoms with Gasteiger partial charge in [0.25, 0.3) is 0 Å². The van der Waals surface area contributed by atoms with E-state index in [1.54, 1.807) is 18.2 Å². The Morgan fingerprint density at radius 2 is 2.04 bits per heavy atom. The molecule has 1 aromatic carbocycles. The van der Waals surface area contributed by atoms with Crippen LogP contribution in [0.25, 0.3) is 0 Å². The molecule has 7 heteroatoms. The molecule has 3 atom stereocenters. The summed E-state index contributed by atoms with van der Waals surface area (Å²) in [4.78, 5) is 25.2. The van der Waals surface area contributed by atoms with E-state index in [2.05, 4.69) is 0 Å². The first kappa shape index (κ1) is 19.7. The number of carbonyl (C=O) groups excluding carboxylic acids is 2. The highest BCUT2D eigenvalue weighted by molar-refractivity contribution is 6.00. The van der Waals surface area contributed by atoms with Crippen molar-refractivity contribution in [1.29, 1.82) is 0 Å². The number of carbonyl (C=O) groups is 2. The predicted octanol–water partition coefficient (Wildman–Crippen LogP) is 2.30. The average Bonchev–Trinajstić information content (AvgIpc) is 2.58. The molecule has 0 amide bonds. The molecule has 0 radical (unpaired) electrons. The van der Waals surface area contributed by atoms with Crippen LogP contribution in [0, 0.1) is 12.8 Å². The highest BCUT2D eigenvalue weighted by Gasteiger charge is 2.51. The number of allylic oxidation sites excluding steroid dienone is 3. The molecule has 7 nitrogen and oxygen atoms in total. The van der Waals surface area contributed by atoms with Crippen LogP contribution in [0.4, 0.5) is 0 Å². The Kier molecular flexibility index (Phi) is 5.04. The van der Waals surface area contributed by atoms with Gasteiger partial charge in [0, 0.05) is 6.07 Å². The predicted molar refractivity (Wildman–Crippen MR) is 99.8 cm³/mol. The fourth-order valence-corrected chi connectivity index (χ4v) is 3.48. The summed E-state index contributed by atoms with van der Waals surface area (Å²) >= 11 is 0. The molecule has 0 spiro atoms. The zero-order chi connectivity index (χ0) is 20.6. The molecular weight excluding hydrogens is 364 g/mol. The summed E-state index contributed by atoms with van der Waals surface area (Å²) in [5.74, 6) is -2.12. The highest BCUT2D eigenvalue weighted by Crippen LogP contribution is 2.38. The normalized spacial score (nSPS) is 26.9. The molecule has 1 aromatic rings. The fraction of sp³-hybridized carbons (Fsp3) is 0.333. The van der Waals surface area contributed by atoms with Crippen LogP contribution in [-0.4, -0.2) is 45.4 Å². The smallest absolute Gasteiger partial charge is 0.342 e. The van der Waals surface area contributed by atoms with Gasteiger partial charge >= 0.3 is 5.97 Å². The Hall–Kier alpha value is -3.06. The minimum Gasteiger partial charge on any atom is -0.508 e. The molecule has 3 rings (SSSR count). The monoisotopic (exact) mass is 386 g/mol. The van der Waals surface area contributed by atoms with E-state index in [1.165, 1.54) is 26.0 Å². The highest BCUT2D eigenvalue weighted by atomic mass is 16.6. The van der Waals surface area contributed by atoms with Crippen LogP contribution in [-0.2, 0) is 14.3 Å². The van der Waals surface area contributed by atoms with Crippen molar-refractivity contribution in [2.24, 2.45) is 5.92 Å². The largest absolute Gasteiger partial charge is 0.508 e. The van der Waals surface area contributed by atoms with Gasteiger partial charge < -0.3 is 24.8 Å². The van der Waals surface area contributed by atoms with E-state index in [9.17, 15) is 24.9 Å². The van der Waals surface area contributed by atoms with E-state index in [-0.39, 0.29) is 17.9 Å². The van der Waals surface area contributed by atoms with Crippen LogP contribution >= 0.6 is 0 Å². The zero-order valence-corrected chi connectivity index (χ0v) is 15.8. The van der Waals surface area contributed by atoms with Crippen molar-refractivity contribution < 1.29 is 34.4 Å². The average molecular weight is 386 g/mol. The Labute approximate surface area is 162 Å². The van der Waals surface area contributed by atoms with Gasteiger partial charge in [-0.05, 0) is 56.2 Å². The van der Waals surface area contributed by atoms with Crippen molar-refractivity contribution >= 4 is 11.8 Å². The van der Waals surface area contributed by atoms with E-state index in [0.29, 0.717) is 16.9 Å². The summed E-state index contributed by atoms with van der Waals surface area (Å²) in [6.45, 7) is 4.76. The summed E-state index contributed by atoms with van der Waals surface area (Å²) < 4.78 is 11.1. The van der Waals surface area contributed by atoms with Crippen molar-refractivity contribution in [3.8, 4) is 11.5 Å². The topological polar surface area (TPSA) is 113 Å². The molecule has 1 heterocycles. The Balaban J connectivity index is 1.96. The first-order valence-corrected chi connectivity index (χ1v) is 8.84.